The van der Waals surface area contributed by atoms with Gasteiger partial charge in [0.2, 0.25) is 0 Å². The third kappa shape index (κ3) is 4.19. The molecule has 1 fully saturated rings. The highest BCUT2D eigenvalue weighted by atomic mass is 32.1. The van der Waals surface area contributed by atoms with Gasteiger partial charge in [-0.1, -0.05) is 19.3 Å². The third-order valence-electron chi connectivity index (χ3n) is 1.92. The molecule has 0 amide bonds. The summed E-state index contributed by atoms with van der Waals surface area (Å²) in [5, 5.41) is 7.17. The zero-order chi connectivity index (χ0) is 7.94. The lowest BCUT2D eigenvalue weighted by Crippen LogP contribution is -2.36. The van der Waals surface area contributed by atoms with Crippen LogP contribution in [0.4, 0.5) is 0 Å². The second-order valence-corrected chi connectivity index (χ2v) is 3.36. The molecule has 0 atom stereocenters. The number of rotatable bonds is 0. The minimum absolute atomic E-state index is 0.826. The average molecular weight is 172 g/mol. The Morgan fingerprint density at radius 1 is 0.818 bits per heavy atom. The van der Waals surface area contributed by atoms with Gasteiger partial charge in [0, 0.05) is 13.1 Å². The van der Waals surface area contributed by atoms with E-state index in [2.05, 4.69) is 10.6 Å². The summed E-state index contributed by atoms with van der Waals surface area (Å²) in [6, 6.07) is 0. The van der Waals surface area contributed by atoms with E-state index < -0.39 is 0 Å². The molecule has 0 radical (unpaired) electrons. The summed E-state index contributed by atoms with van der Waals surface area (Å²) in [5.41, 5.74) is 0. The van der Waals surface area contributed by atoms with Gasteiger partial charge in [0.05, 0.1) is 0 Å². The van der Waals surface area contributed by atoms with Crippen LogP contribution in [0.25, 0.3) is 0 Å². The molecule has 0 spiro atoms. The predicted octanol–water partition coefficient (Wildman–Crippen LogP) is 1.41. The Morgan fingerprint density at radius 2 is 1.27 bits per heavy atom. The highest BCUT2D eigenvalue weighted by molar-refractivity contribution is 7.80. The van der Waals surface area contributed by atoms with Crippen molar-refractivity contribution in [1.29, 1.82) is 0 Å². The SMILES string of the molecule is S=C1NCCCCCCCN1. The molecular weight excluding hydrogens is 156 g/mol. The fourth-order valence-corrected chi connectivity index (χ4v) is 1.45. The van der Waals surface area contributed by atoms with E-state index in [1.165, 1.54) is 32.1 Å². The predicted molar refractivity (Wildman–Crippen MR) is 51.7 cm³/mol. The zero-order valence-electron chi connectivity index (χ0n) is 6.86. The molecule has 0 aromatic heterocycles. The summed E-state index contributed by atoms with van der Waals surface area (Å²) in [7, 11) is 0. The molecule has 0 unspecified atom stereocenters. The molecule has 1 aliphatic heterocycles. The quantitative estimate of drug-likeness (QED) is 0.540. The molecule has 0 bridgehead atoms. The fraction of sp³-hybridized carbons (Fsp3) is 0.875. The highest BCUT2D eigenvalue weighted by Gasteiger charge is 1.97. The Kier molecular flexibility index (Phi) is 4.28. The Bertz CT molecular complexity index is 113. The van der Waals surface area contributed by atoms with Crippen LogP contribution in [0.2, 0.25) is 0 Å². The van der Waals surface area contributed by atoms with Crippen molar-refractivity contribution in [3.8, 4) is 0 Å². The molecule has 64 valence electrons. The standard InChI is InChI=1S/C8H16N2S/c11-8-9-6-4-2-1-3-5-7-10-8/h1-7H2,(H2,9,10,11). The maximum atomic E-state index is 5.03. The van der Waals surface area contributed by atoms with Crippen molar-refractivity contribution in [2.75, 3.05) is 13.1 Å². The van der Waals surface area contributed by atoms with Crippen molar-refractivity contribution in [3.63, 3.8) is 0 Å². The van der Waals surface area contributed by atoms with Crippen LogP contribution >= 0.6 is 12.2 Å². The van der Waals surface area contributed by atoms with Crippen LogP contribution in [0.15, 0.2) is 0 Å². The van der Waals surface area contributed by atoms with Gasteiger partial charge in [-0.3, -0.25) is 0 Å². The minimum atomic E-state index is 0.826. The van der Waals surface area contributed by atoms with Gasteiger partial charge in [-0.25, -0.2) is 0 Å². The Morgan fingerprint density at radius 3 is 1.82 bits per heavy atom. The van der Waals surface area contributed by atoms with Crippen LogP contribution in [-0.2, 0) is 0 Å². The van der Waals surface area contributed by atoms with Gasteiger partial charge in [-0.05, 0) is 25.1 Å². The summed E-state index contributed by atoms with van der Waals surface area (Å²) in [6.45, 7) is 2.07. The highest BCUT2D eigenvalue weighted by Crippen LogP contribution is 2.02. The van der Waals surface area contributed by atoms with E-state index in [9.17, 15) is 0 Å². The van der Waals surface area contributed by atoms with Crippen molar-refractivity contribution >= 4 is 17.3 Å². The third-order valence-corrected chi connectivity index (χ3v) is 2.21. The summed E-state index contributed by atoms with van der Waals surface area (Å²) < 4.78 is 0. The number of nitrogens with one attached hydrogen (secondary N) is 2. The van der Waals surface area contributed by atoms with E-state index in [1.807, 2.05) is 0 Å². The van der Waals surface area contributed by atoms with E-state index in [-0.39, 0.29) is 0 Å². The monoisotopic (exact) mass is 172 g/mol. The van der Waals surface area contributed by atoms with Crippen LogP contribution in [-0.4, -0.2) is 18.2 Å². The van der Waals surface area contributed by atoms with Gasteiger partial charge in [0.25, 0.3) is 0 Å². The Hall–Kier alpha value is -0.310. The summed E-state index contributed by atoms with van der Waals surface area (Å²) >= 11 is 5.03. The first-order valence-corrected chi connectivity index (χ1v) is 4.82. The van der Waals surface area contributed by atoms with Crippen molar-refractivity contribution in [2.45, 2.75) is 32.1 Å². The molecule has 0 saturated carbocycles. The molecule has 0 aromatic carbocycles. The van der Waals surface area contributed by atoms with Crippen LogP contribution in [0.5, 0.6) is 0 Å². The van der Waals surface area contributed by atoms with Crippen molar-refractivity contribution < 1.29 is 0 Å². The lowest BCUT2D eigenvalue weighted by atomic mass is 10.1. The van der Waals surface area contributed by atoms with Crippen LogP contribution in [0.1, 0.15) is 32.1 Å². The summed E-state index contributed by atoms with van der Waals surface area (Å²) in [5.74, 6) is 0. The first-order chi connectivity index (χ1) is 5.39. The van der Waals surface area contributed by atoms with E-state index in [4.69, 9.17) is 12.2 Å². The summed E-state index contributed by atoms with van der Waals surface area (Å²) in [4.78, 5) is 0. The Balaban J connectivity index is 2.17. The Labute approximate surface area is 73.7 Å². The van der Waals surface area contributed by atoms with Gasteiger partial charge in [0.1, 0.15) is 0 Å². The molecule has 0 aliphatic carbocycles. The lowest BCUT2D eigenvalue weighted by molar-refractivity contribution is 0.585. The largest absolute Gasteiger partial charge is 0.363 e. The van der Waals surface area contributed by atoms with Crippen molar-refractivity contribution in [2.24, 2.45) is 0 Å². The van der Waals surface area contributed by atoms with Gasteiger partial charge in [-0.2, -0.15) is 0 Å². The normalized spacial score (nSPS) is 21.6. The molecule has 2 nitrogen and oxygen atoms in total. The maximum Gasteiger partial charge on any atom is 0.166 e. The second kappa shape index (κ2) is 5.35. The zero-order valence-corrected chi connectivity index (χ0v) is 7.67. The van der Waals surface area contributed by atoms with E-state index in [0.29, 0.717) is 0 Å². The molecule has 0 aromatic rings. The van der Waals surface area contributed by atoms with E-state index in [0.717, 1.165) is 18.2 Å². The van der Waals surface area contributed by atoms with Crippen molar-refractivity contribution in [1.82, 2.24) is 10.6 Å². The van der Waals surface area contributed by atoms with Gasteiger partial charge in [0.15, 0.2) is 5.11 Å². The van der Waals surface area contributed by atoms with Crippen LogP contribution in [0.3, 0.4) is 0 Å². The first-order valence-electron chi connectivity index (χ1n) is 4.41. The van der Waals surface area contributed by atoms with Gasteiger partial charge >= 0.3 is 0 Å². The smallest absolute Gasteiger partial charge is 0.166 e. The van der Waals surface area contributed by atoms with Crippen molar-refractivity contribution in [3.05, 3.63) is 0 Å². The molecule has 2 N–H and O–H groups in total. The van der Waals surface area contributed by atoms with E-state index in [1.54, 1.807) is 0 Å². The van der Waals surface area contributed by atoms with E-state index >= 15 is 0 Å². The molecule has 1 rings (SSSR count). The average Bonchev–Trinajstić information content (AvgIpc) is 2.03. The van der Waals surface area contributed by atoms with Gasteiger partial charge < -0.3 is 10.6 Å². The number of hydrogen-bond acceptors (Lipinski definition) is 1. The molecule has 1 saturated heterocycles. The summed E-state index contributed by atoms with van der Waals surface area (Å²) in [6.07, 6.45) is 6.56. The number of hydrogen-bond donors (Lipinski definition) is 2. The first kappa shape index (κ1) is 8.78. The second-order valence-electron chi connectivity index (χ2n) is 2.95. The maximum absolute atomic E-state index is 5.03. The topological polar surface area (TPSA) is 24.1 Å². The lowest BCUT2D eigenvalue weighted by Gasteiger charge is -2.12. The molecule has 3 heteroatoms. The molecule has 1 aliphatic rings. The van der Waals surface area contributed by atoms with Crippen LogP contribution in [0, 0.1) is 0 Å². The number of thiocarbonyl (C=S) groups is 1. The fourth-order valence-electron chi connectivity index (χ4n) is 1.25. The molecule has 1 heterocycles. The van der Waals surface area contributed by atoms with Crippen LogP contribution < -0.4 is 10.6 Å². The molecule has 11 heavy (non-hydrogen) atoms. The minimum Gasteiger partial charge on any atom is -0.363 e. The van der Waals surface area contributed by atoms with Gasteiger partial charge in [-0.15, -0.1) is 0 Å². The molecular formula is C8H16N2S.